The molecule has 0 fully saturated rings. The fourth-order valence-corrected chi connectivity index (χ4v) is 1.33. The second-order valence-corrected chi connectivity index (χ2v) is 3.96. The van der Waals surface area contributed by atoms with Crippen molar-refractivity contribution >= 4 is 11.8 Å². The van der Waals surface area contributed by atoms with E-state index in [9.17, 15) is 9.59 Å². The summed E-state index contributed by atoms with van der Waals surface area (Å²) in [6.45, 7) is 2.78. The summed E-state index contributed by atoms with van der Waals surface area (Å²) >= 11 is 0. The Morgan fingerprint density at radius 2 is 1.89 bits per heavy atom. The van der Waals surface area contributed by atoms with Gasteiger partial charge in [-0.3, -0.25) is 9.69 Å². The first-order valence-corrected chi connectivity index (χ1v) is 5.69. The lowest BCUT2D eigenvalue weighted by Crippen LogP contribution is -2.25. The van der Waals surface area contributed by atoms with Crippen molar-refractivity contribution in [3.05, 3.63) is 29.8 Å². The molecule has 5 heteroatoms. The third-order valence-corrected chi connectivity index (χ3v) is 2.49. The Kier molecular flexibility index (Phi) is 5.32. The van der Waals surface area contributed by atoms with Crippen LogP contribution in [0.5, 0.6) is 5.75 Å². The average Bonchev–Trinajstić information content (AvgIpc) is 2.36. The monoisotopic (exact) mass is 251 g/mol. The molecule has 0 saturated carbocycles. The van der Waals surface area contributed by atoms with Crippen LogP contribution >= 0.6 is 0 Å². The van der Waals surface area contributed by atoms with Crippen molar-refractivity contribution in [2.75, 3.05) is 26.7 Å². The number of nitrogens with zero attached hydrogens (tertiary/aromatic N) is 1. The molecule has 0 saturated heterocycles. The van der Waals surface area contributed by atoms with Gasteiger partial charge in [-0.1, -0.05) is 6.92 Å². The number of carboxylic acid groups (broad SMARTS) is 1. The molecule has 1 N–H and O–H groups in total. The zero-order valence-electron chi connectivity index (χ0n) is 10.5. The minimum atomic E-state index is -1.03. The van der Waals surface area contributed by atoms with Crippen LogP contribution in [-0.4, -0.2) is 48.5 Å². The van der Waals surface area contributed by atoms with Crippen molar-refractivity contribution in [1.82, 2.24) is 4.90 Å². The number of benzene rings is 1. The highest BCUT2D eigenvalue weighted by Gasteiger charge is 2.08. The van der Waals surface area contributed by atoms with Gasteiger partial charge in [0.1, 0.15) is 5.75 Å². The number of rotatable bonds is 7. The fraction of sp³-hybridized carbons (Fsp3) is 0.385. The van der Waals surface area contributed by atoms with Crippen LogP contribution in [0.3, 0.4) is 0 Å². The minimum absolute atomic E-state index is 0.0316. The Morgan fingerprint density at radius 1 is 1.28 bits per heavy atom. The molecule has 98 valence electrons. The van der Waals surface area contributed by atoms with Crippen LogP contribution < -0.4 is 4.74 Å². The van der Waals surface area contributed by atoms with E-state index < -0.39 is 5.97 Å². The number of ketones is 1. The third-order valence-electron chi connectivity index (χ3n) is 2.49. The summed E-state index contributed by atoms with van der Waals surface area (Å²) < 4.78 is 4.98. The van der Waals surface area contributed by atoms with Gasteiger partial charge in [0.15, 0.2) is 12.4 Å². The van der Waals surface area contributed by atoms with E-state index in [2.05, 4.69) is 0 Å². The predicted molar refractivity (Wildman–Crippen MR) is 67.1 cm³/mol. The summed E-state index contributed by atoms with van der Waals surface area (Å²) in [4.78, 5) is 24.0. The van der Waals surface area contributed by atoms with Crippen LogP contribution in [0.25, 0.3) is 0 Å². The van der Waals surface area contributed by atoms with Crippen molar-refractivity contribution in [2.24, 2.45) is 0 Å². The van der Waals surface area contributed by atoms with Gasteiger partial charge in [-0.2, -0.15) is 0 Å². The molecule has 5 nitrogen and oxygen atoms in total. The molecule has 1 rings (SSSR count). The molecular formula is C13H17NO4. The van der Waals surface area contributed by atoms with Crippen LogP contribution in [0.4, 0.5) is 0 Å². The molecule has 0 spiro atoms. The van der Waals surface area contributed by atoms with Gasteiger partial charge in [-0.25, -0.2) is 4.79 Å². The molecule has 0 unspecified atom stereocenters. The van der Waals surface area contributed by atoms with E-state index in [1.807, 2.05) is 18.9 Å². The maximum Gasteiger partial charge on any atom is 0.341 e. The Morgan fingerprint density at radius 3 is 2.39 bits per heavy atom. The van der Waals surface area contributed by atoms with Crippen molar-refractivity contribution in [3.8, 4) is 5.75 Å². The van der Waals surface area contributed by atoms with Crippen molar-refractivity contribution in [3.63, 3.8) is 0 Å². The van der Waals surface area contributed by atoms with Gasteiger partial charge < -0.3 is 9.84 Å². The molecule has 0 aromatic heterocycles. The topological polar surface area (TPSA) is 66.8 Å². The standard InChI is InChI=1S/C13H17NO4/c1-3-14(2)8-12(15)10-4-6-11(7-5-10)18-9-13(16)17/h4-7H,3,8-9H2,1-2H3,(H,16,17). The van der Waals surface area contributed by atoms with Gasteiger partial charge >= 0.3 is 5.97 Å². The largest absolute Gasteiger partial charge is 0.482 e. The van der Waals surface area contributed by atoms with Gasteiger partial charge in [0.25, 0.3) is 0 Å². The van der Waals surface area contributed by atoms with Crippen molar-refractivity contribution < 1.29 is 19.4 Å². The Labute approximate surface area is 106 Å². The second kappa shape index (κ2) is 6.76. The van der Waals surface area contributed by atoms with Gasteiger partial charge in [-0.15, -0.1) is 0 Å². The normalized spacial score (nSPS) is 10.4. The lowest BCUT2D eigenvalue weighted by molar-refractivity contribution is -0.139. The molecule has 0 bridgehead atoms. The highest BCUT2D eigenvalue weighted by atomic mass is 16.5. The molecule has 0 atom stereocenters. The highest BCUT2D eigenvalue weighted by molar-refractivity contribution is 5.97. The van der Waals surface area contributed by atoms with E-state index in [1.165, 1.54) is 0 Å². The molecular weight excluding hydrogens is 234 g/mol. The molecule has 0 radical (unpaired) electrons. The number of Topliss-reactive ketones (excluding diaryl/α,β-unsaturated/α-hetero) is 1. The second-order valence-electron chi connectivity index (χ2n) is 3.96. The number of aliphatic carboxylic acids is 1. The average molecular weight is 251 g/mol. The van der Waals surface area contributed by atoms with Gasteiger partial charge in [0.2, 0.25) is 0 Å². The van der Waals surface area contributed by atoms with Crippen LogP contribution in [0.1, 0.15) is 17.3 Å². The third kappa shape index (κ3) is 4.55. The summed E-state index contributed by atoms with van der Waals surface area (Å²) in [5.74, 6) is -0.554. The zero-order chi connectivity index (χ0) is 13.5. The zero-order valence-corrected chi connectivity index (χ0v) is 10.5. The number of likely N-dealkylation sites (N-methyl/N-ethyl adjacent to an activating group) is 1. The van der Waals surface area contributed by atoms with Gasteiger partial charge in [0.05, 0.1) is 6.54 Å². The molecule has 0 amide bonds. The van der Waals surface area contributed by atoms with E-state index >= 15 is 0 Å². The quantitative estimate of drug-likeness (QED) is 0.739. The first-order chi connectivity index (χ1) is 8.52. The molecule has 0 aliphatic heterocycles. The molecule has 18 heavy (non-hydrogen) atoms. The number of carboxylic acids is 1. The van der Waals surface area contributed by atoms with E-state index in [0.29, 0.717) is 17.9 Å². The van der Waals surface area contributed by atoms with Crippen LogP contribution in [-0.2, 0) is 4.79 Å². The summed E-state index contributed by atoms with van der Waals surface area (Å²) in [6, 6.07) is 6.48. The number of carbonyl (C=O) groups is 2. The van der Waals surface area contributed by atoms with E-state index in [0.717, 1.165) is 6.54 Å². The first-order valence-electron chi connectivity index (χ1n) is 5.69. The molecule has 0 heterocycles. The predicted octanol–water partition coefficient (Wildman–Crippen LogP) is 1.28. The first kappa shape index (κ1) is 14.2. The minimum Gasteiger partial charge on any atom is -0.482 e. The smallest absolute Gasteiger partial charge is 0.341 e. The Hall–Kier alpha value is -1.88. The number of carbonyl (C=O) groups excluding carboxylic acids is 1. The van der Waals surface area contributed by atoms with Crippen molar-refractivity contribution in [1.29, 1.82) is 0 Å². The molecule has 1 aromatic carbocycles. The van der Waals surface area contributed by atoms with E-state index in [4.69, 9.17) is 9.84 Å². The Bertz CT molecular complexity index is 414. The molecule has 0 aliphatic carbocycles. The number of hydrogen-bond donors (Lipinski definition) is 1. The maximum atomic E-state index is 11.8. The van der Waals surface area contributed by atoms with Crippen LogP contribution in [0.15, 0.2) is 24.3 Å². The van der Waals surface area contributed by atoms with Crippen LogP contribution in [0, 0.1) is 0 Å². The number of ether oxygens (including phenoxy) is 1. The number of hydrogen-bond acceptors (Lipinski definition) is 4. The molecule has 0 aliphatic rings. The van der Waals surface area contributed by atoms with Crippen LogP contribution in [0.2, 0.25) is 0 Å². The van der Waals surface area contributed by atoms with Gasteiger partial charge in [0, 0.05) is 5.56 Å². The lowest BCUT2D eigenvalue weighted by atomic mass is 10.1. The van der Waals surface area contributed by atoms with E-state index in [-0.39, 0.29) is 12.4 Å². The SMILES string of the molecule is CCN(C)CC(=O)c1ccc(OCC(=O)O)cc1. The van der Waals surface area contributed by atoms with Crippen molar-refractivity contribution in [2.45, 2.75) is 6.92 Å². The maximum absolute atomic E-state index is 11.8. The van der Waals surface area contributed by atoms with E-state index in [1.54, 1.807) is 24.3 Å². The summed E-state index contributed by atoms with van der Waals surface area (Å²) in [7, 11) is 1.88. The lowest BCUT2D eigenvalue weighted by Gasteiger charge is -2.12. The highest BCUT2D eigenvalue weighted by Crippen LogP contribution is 2.12. The summed E-state index contributed by atoms with van der Waals surface area (Å²) in [6.07, 6.45) is 0. The Balaban J connectivity index is 2.59. The summed E-state index contributed by atoms with van der Waals surface area (Å²) in [5, 5.41) is 8.46. The molecule has 1 aromatic rings. The van der Waals surface area contributed by atoms with Gasteiger partial charge in [-0.05, 0) is 37.9 Å². The summed E-state index contributed by atoms with van der Waals surface area (Å²) in [5.41, 5.74) is 0.595. The fourth-order valence-electron chi connectivity index (χ4n) is 1.33.